The highest BCUT2D eigenvalue weighted by molar-refractivity contribution is 9.10. The molecule has 3 aromatic rings. The molecule has 0 saturated heterocycles. The highest BCUT2D eigenvalue weighted by Crippen LogP contribution is 2.41. The molecule has 1 heterocycles. The van der Waals surface area contributed by atoms with Crippen molar-refractivity contribution in [1.29, 1.82) is 0 Å². The first kappa shape index (κ1) is 23.0. The second-order valence-electron chi connectivity index (χ2n) is 7.16. The molecular formula is C22H24BrClN2O3S. The summed E-state index contributed by atoms with van der Waals surface area (Å²) in [5.41, 5.74) is 2.92. The number of thioether (sulfide) groups is 1. The number of carbonyl (C=O) groups is 1. The maximum atomic E-state index is 13.0. The molecule has 0 atom stereocenters. The third-order valence-corrected chi connectivity index (χ3v) is 6.66. The van der Waals surface area contributed by atoms with Crippen LogP contribution in [0.1, 0.15) is 28.5 Å². The number of ether oxygens (including phenoxy) is 1. The first-order valence-electron chi connectivity index (χ1n) is 9.46. The van der Waals surface area contributed by atoms with Gasteiger partial charge in [0.05, 0.1) is 22.2 Å². The molecule has 0 aliphatic heterocycles. The summed E-state index contributed by atoms with van der Waals surface area (Å²) in [4.78, 5) is 16.0. The maximum absolute atomic E-state index is 13.0. The van der Waals surface area contributed by atoms with Crippen LogP contribution >= 0.6 is 39.3 Å². The number of esters is 1. The van der Waals surface area contributed by atoms with Crippen LogP contribution in [-0.4, -0.2) is 41.2 Å². The van der Waals surface area contributed by atoms with Crippen LogP contribution in [0, 0.1) is 0 Å². The third kappa shape index (κ3) is 4.64. The Morgan fingerprint density at radius 1 is 1.30 bits per heavy atom. The molecule has 3 rings (SSSR count). The molecule has 2 aromatic carbocycles. The van der Waals surface area contributed by atoms with E-state index in [2.05, 4.69) is 15.9 Å². The number of hydrogen-bond acceptors (Lipinski definition) is 5. The fourth-order valence-corrected chi connectivity index (χ4v) is 4.98. The number of phenols is 1. The zero-order chi connectivity index (χ0) is 22.0. The van der Waals surface area contributed by atoms with E-state index in [-0.39, 0.29) is 18.3 Å². The summed E-state index contributed by atoms with van der Waals surface area (Å²) in [5.74, 6) is 0.335. The minimum Gasteiger partial charge on any atom is -0.506 e. The van der Waals surface area contributed by atoms with Crippen LogP contribution < -0.4 is 0 Å². The van der Waals surface area contributed by atoms with Crippen molar-refractivity contribution < 1.29 is 14.6 Å². The molecule has 8 heteroatoms. The summed E-state index contributed by atoms with van der Waals surface area (Å²) >= 11 is 11.1. The van der Waals surface area contributed by atoms with Gasteiger partial charge in [-0.3, -0.25) is 0 Å². The van der Waals surface area contributed by atoms with E-state index < -0.39 is 0 Å². The van der Waals surface area contributed by atoms with Gasteiger partial charge in [0.1, 0.15) is 5.75 Å². The van der Waals surface area contributed by atoms with E-state index in [4.69, 9.17) is 16.3 Å². The molecule has 1 aromatic heterocycles. The number of fused-ring (bicyclic) bond motifs is 1. The van der Waals surface area contributed by atoms with Crippen molar-refractivity contribution >= 4 is 56.2 Å². The molecule has 0 bridgehead atoms. The Bertz CT molecular complexity index is 1080. The zero-order valence-electron chi connectivity index (χ0n) is 17.3. The number of carbonyl (C=O) groups excluding carboxylic acids is 1. The van der Waals surface area contributed by atoms with Crippen LogP contribution in [-0.2, 0) is 24.1 Å². The number of benzene rings is 2. The number of nitrogens with zero attached hydrogens (tertiary/aromatic N) is 2. The summed E-state index contributed by atoms with van der Waals surface area (Å²) in [7, 11) is 5.79. The van der Waals surface area contributed by atoms with Crippen molar-refractivity contribution in [3.63, 3.8) is 0 Å². The first-order chi connectivity index (χ1) is 14.2. The van der Waals surface area contributed by atoms with Crippen LogP contribution in [0.4, 0.5) is 0 Å². The van der Waals surface area contributed by atoms with E-state index in [1.807, 2.05) is 60.9 Å². The summed E-state index contributed by atoms with van der Waals surface area (Å²) in [6.07, 6.45) is 0. The van der Waals surface area contributed by atoms with E-state index in [9.17, 15) is 9.90 Å². The van der Waals surface area contributed by atoms with Gasteiger partial charge in [-0.1, -0.05) is 11.6 Å². The van der Waals surface area contributed by atoms with Gasteiger partial charge in [-0.15, -0.1) is 11.8 Å². The van der Waals surface area contributed by atoms with Gasteiger partial charge in [0.25, 0.3) is 0 Å². The minimum atomic E-state index is -0.378. The lowest BCUT2D eigenvalue weighted by molar-refractivity contribution is 0.0527. The number of hydrogen-bond donors (Lipinski definition) is 1. The smallest absolute Gasteiger partial charge is 0.340 e. The molecule has 0 unspecified atom stereocenters. The number of rotatable bonds is 7. The predicted molar refractivity (Wildman–Crippen MR) is 127 cm³/mol. The zero-order valence-corrected chi connectivity index (χ0v) is 20.5. The molecule has 5 nitrogen and oxygen atoms in total. The van der Waals surface area contributed by atoms with Crippen LogP contribution in [0.3, 0.4) is 0 Å². The van der Waals surface area contributed by atoms with E-state index in [1.165, 1.54) is 0 Å². The van der Waals surface area contributed by atoms with Crippen molar-refractivity contribution in [3.05, 3.63) is 56.6 Å². The second kappa shape index (κ2) is 9.64. The highest BCUT2D eigenvalue weighted by Gasteiger charge is 2.27. The van der Waals surface area contributed by atoms with Crippen molar-refractivity contribution in [2.75, 3.05) is 20.7 Å². The molecule has 30 heavy (non-hydrogen) atoms. The van der Waals surface area contributed by atoms with Crippen molar-refractivity contribution in [2.45, 2.75) is 24.1 Å². The third-order valence-electron chi connectivity index (χ3n) is 4.78. The Kier molecular flexibility index (Phi) is 7.39. The summed E-state index contributed by atoms with van der Waals surface area (Å²) < 4.78 is 8.01. The Morgan fingerprint density at radius 3 is 2.57 bits per heavy atom. The number of aromatic hydroxyl groups is 1. The number of phenolic OH excluding ortho intramolecular Hbond substituents is 1. The normalized spacial score (nSPS) is 11.4. The first-order valence-corrected chi connectivity index (χ1v) is 11.6. The Labute approximate surface area is 194 Å². The molecule has 160 valence electrons. The fraction of sp³-hybridized carbons (Fsp3) is 0.318. The van der Waals surface area contributed by atoms with Crippen LogP contribution in [0.25, 0.3) is 10.9 Å². The minimum absolute atomic E-state index is 0.143. The number of aryl methyl sites for hydroxylation is 1. The monoisotopic (exact) mass is 510 g/mol. The molecule has 0 saturated carbocycles. The number of aromatic nitrogens is 1. The SMILES string of the molecule is CCOC(=O)c1c(CSc2ccc(Cl)cc2)n(C)c2cc(Br)c(O)c(CN(C)C)c12. The Morgan fingerprint density at radius 2 is 1.97 bits per heavy atom. The molecule has 0 aliphatic rings. The number of halogens is 2. The average molecular weight is 512 g/mol. The van der Waals surface area contributed by atoms with Gasteiger partial charge in [-0.25, -0.2) is 4.79 Å². The fourth-order valence-electron chi connectivity index (χ4n) is 3.42. The van der Waals surface area contributed by atoms with Crippen molar-refractivity contribution in [1.82, 2.24) is 9.47 Å². The van der Waals surface area contributed by atoms with E-state index in [1.54, 1.807) is 18.7 Å². The molecule has 0 radical (unpaired) electrons. The van der Waals surface area contributed by atoms with E-state index in [0.29, 0.717) is 32.9 Å². The lowest BCUT2D eigenvalue weighted by Crippen LogP contribution is -2.13. The Hall–Kier alpha value is -1.67. The molecule has 0 fully saturated rings. The largest absolute Gasteiger partial charge is 0.506 e. The summed E-state index contributed by atoms with van der Waals surface area (Å²) in [6, 6.07) is 9.46. The van der Waals surface area contributed by atoms with Crippen molar-refractivity contribution in [2.24, 2.45) is 7.05 Å². The maximum Gasteiger partial charge on any atom is 0.340 e. The summed E-state index contributed by atoms with van der Waals surface area (Å²) in [6.45, 7) is 2.56. The van der Waals surface area contributed by atoms with Crippen LogP contribution in [0.2, 0.25) is 5.02 Å². The standard InChI is InChI=1S/C22H24BrClN2O3S/c1-5-29-22(28)20-18(12-30-14-8-6-13(24)7-9-14)26(4)17-10-16(23)21(27)15(19(17)20)11-25(2)3/h6-10,27H,5,11-12H2,1-4H3. The molecule has 0 spiro atoms. The van der Waals surface area contributed by atoms with Gasteiger partial charge in [0.2, 0.25) is 0 Å². The highest BCUT2D eigenvalue weighted by atomic mass is 79.9. The molecule has 0 amide bonds. The van der Waals surface area contributed by atoms with Gasteiger partial charge < -0.3 is 19.3 Å². The van der Waals surface area contributed by atoms with Gasteiger partial charge >= 0.3 is 5.97 Å². The van der Waals surface area contributed by atoms with E-state index in [0.717, 1.165) is 21.5 Å². The molecule has 0 aliphatic carbocycles. The predicted octanol–water partition coefficient (Wildman–Crippen LogP) is 5.83. The lowest BCUT2D eigenvalue weighted by atomic mass is 10.0. The lowest BCUT2D eigenvalue weighted by Gasteiger charge is -2.15. The molecular weight excluding hydrogens is 488 g/mol. The van der Waals surface area contributed by atoms with Crippen molar-refractivity contribution in [3.8, 4) is 5.75 Å². The van der Waals surface area contributed by atoms with Crippen LogP contribution in [0.5, 0.6) is 5.75 Å². The topological polar surface area (TPSA) is 54.7 Å². The van der Waals surface area contributed by atoms with Gasteiger partial charge in [-0.05, 0) is 67.3 Å². The average Bonchev–Trinajstić information content (AvgIpc) is 2.96. The van der Waals surface area contributed by atoms with E-state index >= 15 is 0 Å². The molecule has 1 N–H and O–H groups in total. The van der Waals surface area contributed by atoms with Gasteiger partial charge in [-0.2, -0.15) is 0 Å². The van der Waals surface area contributed by atoms with Gasteiger partial charge in [0.15, 0.2) is 0 Å². The Balaban J connectivity index is 2.19. The second-order valence-corrected chi connectivity index (χ2v) is 9.50. The van der Waals surface area contributed by atoms with Crippen LogP contribution in [0.15, 0.2) is 39.7 Å². The quantitative estimate of drug-likeness (QED) is 0.319. The van der Waals surface area contributed by atoms with Gasteiger partial charge in [0, 0.05) is 45.9 Å². The summed E-state index contributed by atoms with van der Waals surface area (Å²) in [5, 5.41) is 12.2.